The number of ether oxygens (including phenoxy) is 1. The van der Waals surface area contributed by atoms with E-state index in [0.717, 1.165) is 10.4 Å². The molecule has 5 nitrogen and oxygen atoms in total. The number of nitrogens with two attached hydrogens (primary N) is 1. The number of rotatable bonds is 3. The molecule has 2 heterocycles. The van der Waals surface area contributed by atoms with Crippen molar-refractivity contribution < 1.29 is 9.53 Å². The van der Waals surface area contributed by atoms with E-state index in [1.807, 2.05) is 13.0 Å². The molecule has 0 atom stereocenters. The quantitative estimate of drug-likeness (QED) is 0.850. The number of pyridine rings is 1. The summed E-state index contributed by atoms with van der Waals surface area (Å²) < 4.78 is 4.97. The van der Waals surface area contributed by atoms with Crippen LogP contribution in [0.2, 0.25) is 0 Å². The van der Waals surface area contributed by atoms with Crippen molar-refractivity contribution in [3.8, 4) is 17.7 Å². The standard InChI is InChI=1S/C15H15N3O2S/c1-10-8-13(21-12(10)4-3-7-16)15(19)18-11-5-6-14(20-2)17-9-11/h5-6,8-9H,7,16H2,1-2H3,(H,18,19). The number of carbonyl (C=O) groups is 1. The van der Waals surface area contributed by atoms with Crippen LogP contribution in [0.5, 0.6) is 5.88 Å². The number of aryl methyl sites for hydroxylation is 1. The number of nitrogens with zero attached hydrogens (tertiary/aromatic N) is 1. The SMILES string of the molecule is COc1ccc(NC(=O)c2cc(C)c(C#CCN)s2)cn1. The zero-order chi connectivity index (χ0) is 15.2. The molecule has 0 aliphatic heterocycles. The van der Waals surface area contributed by atoms with Gasteiger partial charge in [-0.3, -0.25) is 4.79 Å². The lowest BCUT2D eigenvalue weighted by molar-refractivity contribution is 0.103. The molecular formula is C15H15N3O2S. The number of nitrogens with one attached hydrogen (secondary N) is 1. The smallest absolute Gasteiger partial charge is 0.265 e. The molecule has 2 aromatic rings. The van der Waals surface area contributed by atoms with Gasteiger partial charge in [0, 0.05) is 6.07 Å². The topological polar surface area (TPSA) is 77.2 Å². The molecule has 6 heteroatoms. The third-order valence-electron chi connectivity index (χ3n) is 2.65. The Kier molecular flexibility index (Phi) is 4.93. The summed E-state index contributed by atoms with van der Waals surface area (Å²) in [5, 5.41) is 2.79. The van der Waals surface area contributed by atoms with Crippen LogP contribution in [0.1, 0.15) is 20.1 Å². The first-order valence-electron chi connectivity index (χ1n) is 6.25. The highest BCUT2D eigenvalue weighted by atomic mass is 32.1. The second kappa shape index (κ2) is 6.88. The molecule has 2 rings (SSSR count). The first-order chi connectivity index (χ1) is 10.1. The summed E-state index contributed by atoms with van der Waals surface area (Å²) in [5.74, 6) is 6.07. The summed E-state index contributed by atoms with van der Waals surface area (Å²) in [6, 6.07) is 5.24. The van der Waals surface area contributed by atoms with Crippen LogP contribution in [-0.4, -0.2) is 24.5 Å². The fourth-order valence-electron chi connectivity index (χ4n) is 1.62. The van der Waals surface area contributed by atoms with Crippen LogP contribution in [-0.2, 0) is 0 Å². The van der Waals surface area contributed by atoms with Crippen LogP contribution in [0.3, 0.4) is 0 Å². The van der Waals surface area contributed by atoms with Crippen LogP contribution in [0.15, 0.2) is 24.4 Å². The molecule has 0 bridgehead atoms. The molecule has 1 amide bonds. The lowest BCUT2D eigenvalue weighted by Gasteiger charge is -2.03. The van der Waals surface area contributed by atoms with Crippen molar-refractivity contribution in [1.82, 2.24) is 4.98 Å². The molecule has 2 aromatic heterocycles. The lowest BCUT2D eigenvalue weighted by Crippen LogP contribution is -2.10. The summed E-state index contributed by atoms with van der Waals surface area (Å²) in [6.45, 7) is 2.22. The third kappa shape index (κ3) is 3.81. The molecule has 108 valence electrons. The zero-order valence-electron chi connectivity index (χ0n) is 11.8. The Hall–Kier alpha value is -2.36. The van der Waals surface area contributed by atoms with Gasteiger partial charge in [-0.15, -0.1) is 11.3 Å². The van der Waals surface area contributed by atoms with Crippen molar-refractivity contribution in [3.63, 3.8) is 0 Å². The van der Waals surface area contributed by atoms with Crippen molar-refractivity contribution >= 4 is 22.9 Å². The van der Waals surface area contributed by atoms with Crippen LogP contribution >= 0.6 is 11.3 Å². The van der Waals surface area contributed by atoms with Crippen molar-refractivity contribution in [2.45, 2.75) is 6.92 Å². The molecule has 0 aliphatic rings. The molecule has 21 heavy (non-hydrogen) atoms. The Morgan fingerprint density at radius 3 is 2.95 bits per heavy atom. The minimum Gasteiger partial charge on any atom is -0.481 e. The second-order valence-corrected chi connectivity index (χ2v) is 5.22. The molecule has 0 aliphatic carbocycles. The average Bonchev–Trinajstić information content (AvgIpc) is 2.87. The minimum atomic E-state index is -0.184. The number of methoxy groups -OCH3 is 1. The van der Waals surface area contributed by atoms with Crippen LogP contribution in [0, 0.1) is 18.8 Å². The van der Waals surface area contributed by atoms with Gasteiger partial charge in [0.2, 0.25) is 5.88 Å². The van der Waals surface area contributed by atoms with E-state index < -0.39 is 0 Å². The molecule has 0 radical (unpaired) electrons. The molecule has 0 unspecified atom stereocenters. The minimum absolute atomic E-state index is 0.184. The van der Waals surface area contributed by atoms with Gasteiger partial charge in [0.05, 0.1) is 35.3 Å². The number of hydrogen-bond donors (Lipinski definition) is 2. The molecule has 0 aromatic carbocycles. The molecule has 0 saturated heterocycles. The van der Waals surface area contributed by atoms with E-state index in [9.17, 15) is 4.79 Å². The number of amides is 1. The van der Waals surface area contributed by atoms with E-state index in [-0.39, 0.29) is 5.91 Å². The highest BCUT2D eigenvalue weighted by Crippen LogP contribution is 2.22. The Balaban J connectivity index is 2.12. The summed E-state index contributed by atoms with van der Waals surface area (Å²) in [7, 11) is 1.54. The molecule has 0 fully saturated rings. The maximum atomic E-state index is 12.2. The van der Waals surface area contributed by atoms with Gasteiger partial charge in [-0.25, -0.2) is 4.98 Å². The first kappa shape index (κ1) is 15.0. The second-order valence-electron chi connectivity index (χ2n) is 4.17. The van der Waals surface area contributed by atoms with Crippen molar-refractivity contribution in [1.29, 1.82) is 0 Å². The fourth-order valence-corrected chi connectivity index (χ4v) is 2.56. The van der Waals surface area contributed by atoms with E-state index in [1.165, 1.54) is 11.3 Å². The van der Waals surface area contributed by atoms with Gasteiger partial charge in [0.1, 0.15) is 0 Å². The van der Waals surface area contributed by atoms with Gasteiger partial charge in [-0.05, 0) is 24.6 Å². The Morgan fingerprint density at radius 1 is 1.52 bits per heavy atom. The molecule has 3 N–H and O–H groups in total. The summed E-state index contributed by atoms with van der Waals surface area (Å²) in [4.78, 5) is 17.7. The van der Waals surface area contributed by atoms with Crippen LogP contribution in [0.4, 0.5) is 5.69 Å². The van der Waals surface area contributed by atoms with E-state index in [0.29, 0.717) is 23.0 Å². The van der Waals surface area contributed by atoms with Crippen molar-refractivity contribution in [2.75, 3.05) is 19.0 Å². The van der Waals surface area contributed by atoms with Gasteiger partial charge >= 0.3 is 0 Å². The van der Waals surface area contributed by atoms with Crippen molar-refractivity contribution in [3.05, 3.63) is 39.7 Å². The van der Waals surface area contributed by atoms with Gasteiger partial charge < -0.3 is 15.8 Å². The van der Waals surface area contributed by atoms with Crippen molar-refractivity contribution in [2.24, 2.45) is 5.73 Å². The average molecular weight is 301 g/mol. The Labute approximate surface area is 127 Å². The highest BCUT2D eigenvalue weighted by Gasteiger charge is 2.12. The zero-order valence-corrected chi connectivity index (χ0v) is 12.6. The van der Waals surface area contributed by atoms with E-state index >= 15 is 0 Å². The van der Waals surface area contributed by atoms with Gasteiger partial charge in [0.25, 0.3) is 5.91 Å². The summed E-state index contributed by atoms with van der Waals surface area (Å²) in [5.41, 5.74) is 6.94. The van der Waals surface area contributed by atoms with Gasteiger partial charge in [0.15, 0.2) is 0 Å². The first-order valence-corrected chi connectivity index (χ1v) is 7.06. The van der Waals surface area contributed by atoms with Crippen LogP contribution < -0.4 is 15.8 Å². The van der Waals surface area contributed by atoms with E-state index in [2.05, 4.69) is 22.1 Å². The molecule has 0 spiro atoms. The number of anilines is 1. The normalized spacial score (nSPS) is 9.67. The maximum Gasteiger partial charge on any atom is 0.265 e. The lowest BCUT2D eigenvalue weighted by atomic mass is 10.2. The predicted molar refractivity (Wildman–Crippen MR) is 83.7 cm³/mol. The summed E-state index contributed by atoms with van der Waals surface area (Å²) in [6.07, 6.45) is 1.55. The highest BCUT2D eigenvalue weighted by molar-refractivity contribution is 7.14. The number of thiophene rings is 1. The fraction of sp³-hybridized carbons (Fsp3) is 0.200. The third-order valence-corrected chi connectivity index (χ3v) is 3.80. The van der Waals surface area contributed by atoms with E-state index in [4.69, 9.17) is 10.5 Å². The monoisotopic (exact) mass is 301 g/mol. The molecular weight excluding hydrogens is 286 g/mol. The molecule has 0 saturated carbocycles. The number of carbonyl (C=O) groups excluding carboxylic acids is 1. The van der Waals surface area contributed by atoms with E-state index in [1.54, 1.807) is 25.4 Å². The maximum absolute atomic E-state index is 12.2. The number of hydrogen-bond acceptors (Lipinski definition) is 5. The Morgan fingerprint density at radius 2 is 2.33 bits per heavy atom. The van der Waals surface area contributed by atoms with Gasteiger partial charge in [-0.2, -0.15) is 0 Å². The summed E-state index contributed by atoms with van der Waals surface area (Å²) >= 11 is 1.35. The largest absolute Gasteiger partial charge is 0.481 e. The van der Waals surface area contributed by atoms with Gasteiger partial charge in [-0.1, -0.05) is 11.8 Å². The Bertz CT molecular complexity index is 696. The van der Waals surface area contributed by atoms with Crippen LogP contribution in [0.25, 0.3) is 0 Å². The predicted octanol–water partition coefficient (Wildman–Crippen LogP) is 2.02. The number of aromatic nitrogens is 1.